The summed E-state index contributed by atoms with van der Waals surface area (Å²) in [5, 5.41) is 0. The summed E-state index contributed by atoms with van der Waals surface area (Å²) in [7, 11) is 0. The summed E-state index contributed by atoms with van der Waals surface area (Å²) in [6, 6.07) is 0. The van der Waals surface area contributed by atoms with E-state index in [2.05, 4.69) is 4.90 Å². The minimum absolute atomic E-state index is 0. The second kappa shape index (κ2) is 6.54. The van der Waals surface area contributed by atoms with Gasteiger partial charge < -0.3 is 22.7 Å². The van der Waals surface area contributed by atoms with Gasteiger partial charge in [-0.05, 0) is 25.2 Å². The van der Waals surface area contributed by atoms with E-state index < -0.39 is 13.4 Å². The fourth-order valence-electron chi connectivity index (χ4n) is 2.11. The maximum Gasteiger partial charge on any atom is 1.00 e. The molecular weight excluding hydrogens is 243 g/mol. The van der Waals surface area contributed by atoms with E-state index in [1.807, 2.05) is 0 Å². The molecule has 1 aliphatic carbocycles. The Morgan fingerprint density at radius 3 is 1.88 bits per heavy atom. The van der Waals surface area contributed by atoms with Gasteiger partial charge in [-0.1, -0.05) is 0 Å². The smallest absolute Gasteiger partial charge is 0.448 e. The molecule has 0 atom stereocenters. The third-order valence-corrected chi connectivity index (χ3v) is 3.14. The standard InChI is InChI=1S/C9H17BF3N2.K/c11-10(12,13)8-15-5-3-14(4-6-15)7-9-1-2-9;/h9H,1-8H2;/q-1;+1. The Morgan fingerprint density at radius 1 is 0.938 bits per heavy atom. The van der Waals surface area contributed by atoms with E-state index >= 15 is 0 Å². The van der Waals surface area contributed by atoms with Gasteiger partial charge in [0.15, 0.2) is 0 Å². The van der Waals surface area contributed by atoms with Crippen molar-refractivity contribution in [2.24, 2.45) is 5.92 Å². The summed E-state index contributed by atoms with van der Waals surface area (Å²) < 4.78 is 36.5. The molecule has 0 radical (unpaired) electrons. The Hall–Kier alpha value is 1.41. The normalized spacial score (nSPS) is 24.2. The molecular formula is C9H17BF3KN2. The van der Waals surface area contributed by atoms with E-state index in [1.54, 1.807) is 0 Å². The molecule has 2 fully saturated rings. The molecule has 0 N–H and O–H groups in total. The van der Waals surface area contributed by atoms with E-state index in [0.717, 1.165) is 25.6 Å². The van der Waals surface area contributed by atoms with Crippen LogP contribution in [0.2, 0.25) is 0 Å². The predicted molar refractivity (Wildman–Crippen MR) is 54.7 cm³/mol. The molecule has 0 bridgehead atoms. The van der Waals surface area contributed by atoms with Crippen molar-refractivity contribution in [3.05, 3.63) is 0 Å². The fraction of sp³-hybridized carbons (Fsp3) is 1.00. The monoisotopic (exact) mass is 260 g/mol. The summed E-state index contributed by atoms with van der Waals surface area (Å²) >= 11 is 0. The molecule has 0 aromatic heterocycles. The van der Waals surface area contributed by atoms with Crippen LogP contribution in [0.15, 0.2) is 0 Å². The number of nitrogens with zero attached hydrogens (tertiary/aromatic N) is 2. The van der Waals surface area contributed by atoms with Crippen LogP contribution in [0.4, 0.5) is 12.9 Å². The van der Waals surface area contributed by atoms with Gasteiger partial charge in [-0.25, -0.2) is 0 Å². The largest absolute Gasteiger partial charge is 1.00 e. The third kappa shape index (κ3) is 5.84. The minimum atomic E-state index is -4.64. The zero-order valence-electron chi connectivity index (χ0n) is 9.84. The summed E-state index contributed by atoms with van der Waals surface area (Å²) in [6.07, 6.45) is 1.94. The first-order chi connectivity index (χ1) is 7.03. The first-order valence-electron chi connectivity index (χ1n) is 5.69. The molecule has 1 heterocycles. The first kappa shape index (κ1) is 15.5. The molecule has 2 nitrogen and oxygen atoms in total. The average molecular weight is 260 g/mol. The van der Waals surface area contributed by atoms with Crippen LogP contribution in [0.1, 0.15) is 12.8 Å². The molecule has 1 saturated carbocycles. The van der Waals surface area contributed by atoms with Crippen molar-refractivity contribution < 1.29 is 64.3 Å². The molecule has 2 rings (SSSR count). The summed E-state index contributed by atoms with van der Waals surface area (Å²) in [5.41, 5.74) is 0. The van der Waals surface area contributed by atoms with Crippen molar-refractivity contribution in [3.63, 3.8) is 0 Å². The topological polar surface area (TPSA) is 6.48 Å². The molecule has 1 saturated heterocycles. The number of halogens is 3. The van der Waals surface area contributed by atoms with Gasteiger partial charge in [-0.3, -0.25) is 0 Å². The van der Waals surface area contributed by atoms with Crippen molar-refractivity contribution in [2.45, 2.75) is 12.8 Å². The minimum Gasteiger partial charge on any atom is -0.448 e. The molecule has 16 heavy (non-hydrogen) atoms. The van der Waals surface area contributed by atoms with Crippen molar-refractivity contribution in [2.75, 3.05) is 39.2 Å². The van der Waals surface area contributed by atoms with Crippen LogP contribution in [0.5, 0.6) is 0 Å². The molecule has 0 amide bonds. The van der Waals surface area contributed by atoms with Crippen LogP contribution in [-0.4, -0.2) is 55.9 Å². The molecule has 88 valence electrons. The predicted octanol–water partition coefficient (Wildman–Crippen LogP) is -1.60. The van der Waals surface area contributed by atoms with Crippen LogP contribution in [0.25, 0.3) is 0 Å². The van der Waals surface area contributed by atoms with E-state index in [0.29, 0.717) is 13.1 Å². The Kier molecular flexibility index (Phi) is 6.32. The van der Waals surface area contributed by atoms with E-state index in [4.69, 9.17) is 0 Å². The molecule has 0 aromatic rings. The van der Waals surface area contributed by atoms with Crippen LogP contribution in [0, 0.1) is 5.92 Å². The summed E-state index contributed by atoms with van der Waals surface area (Å²) in [4.78, 5) is 3.83. The molecule has 1 aliphatic heterocycles. The Morgan fingerprint density at radius 2 is 1.44 bits per heavy atom. The number of hydrogen-bond acceptors (Lipinski definition) is 2. The van der Waals surface area contributed by atoms with Gasteiger partial charge in [-0.15, -0.1) is 0 Å². The quantitative estimate of drug-likeness (QED) is 0.562. The van der Waals surface area contributed by atoms with Crippen molar-refractivity contribution in [3.8, 4) is 0 Å². The van der Waals surface area contributed by atoms with Crippen molar-refractivity contribution >= 4 is 6.98 Å². The molecule has 0 unspecified atom stereocenters. The van der Waals surface area contributed by atoms with Crippen molar-refractivity contribution in [1.29, 1.82) is 0 Å². The first-order valence-corrected chi connectivity index (χ1v) is 5.69. The number of rotatable bonds is 4. The van der Waals surface area contributed by atoms with E-state index in [1.165, 1.54) is 17.7 Å². The summed E-state index contributed by atoms with van der Waals surface area (Å²) in [5.74, 6) is 0.836. The molecule has 0 aromatic carbocycles. The zero-order chi connectivity index (χ0) is 10.9. The molecule has 7 heteroatoms. The second-order valence-electron chi connectivity index (χ2n) is 4.75. The SMILES string of the molecule is F[B-](F)(F)CN1CCN(CC2CC2)CC1.[K+]. The van der Waals surface area contributed by atoms with Gasteiger partial charge >= 0.3 is 58.4 Å². The Labute approximate surface area is 137 Å². The van der Waals surface area contributed by atoms with Crippen LogP contribution >= 0.6 is 0 Å². The molecule has 2 aliphatic rings. The summed E-state index contributed by atoms with van der Waals surface area (Å²) in [6.45, 7) is -0.771. The van der Waals surface area contributed by atoms with Gasteiger partial charge in [0.1, 0.15) is 0 Å². The maximum atomic E-state index is 12.2. The third-order valence-electron chi connectivity index (χ3n) is 3.14. The van der Waals surface area contributed by atoms with Gasteiger partial charge in [0.2, 0.25) is 0 Å². The number of hydrogen-bond donors (Lipinski definition) is 0. The van der Waals surface area contributed by atoms with Crippen molar-refractivity contribution in [1.82, 2.24) is 9.80 Å². The van der Waals surface area contributed by atoms with Gasteiger partial charge in [-0.2, -0.15) is 0 Å². The Bertz CT molecular complexity index is 215. The van der Waals surface area contributed by atoms with E-state index in [-0.39, 0.29) is 51.4 Å². The van der Waals surface area contributed by atoms with E-state index in [9.17, 15) is 12.9 Å². The van der Waals surface area contributed by atoms with Gasteiger partial charge in [0, 0.05) is 32.7 Å². The average Bonchev–Trinajstić information content (AvgIpc) is 2.90. The second-order valence-corrected chi connectivity index (χ2v) is 4.75. The van der Waals surface area contributed by atoms with Crippen LogP contribution in [0.3, 0.4) is 0 Å². The zero-order valence-corrected chi connectivity index (χ0v) is 13.0. The van der Waals surface area contributed by atoms with Crippen LogP contribution < -0.4 is 51.4 Å². The fourth-order valence-corrected chi connectivity index (χ4v) is 2.11. The molecule has 0 spiro atoms. The van der Waals surface area contributed by atoms with Crippen LogP contribution in [-0.2, 0) is 0 Å². The Balaban J connectivity index is 0.00000128. The van der Waals surface area contributed by atoms with Gasteiger partial charge in [0.05, 0.1) is 0 Å². The van der Waals surface area contributed by atoms with Gasteiger partial charge in [0.25, 0.3) is 0 Å². The number of piperazine rings is 1. The maximum absolute atomic E-state index is 12.2.